The van der Waals surface area contributed by atoms with Crippen molar-refractivity contribution in [3.63, 3.8) is 0 Å². The van der Waals surface area contributed by atoms with Gasteiger partial charge in [0, 0.05) is 5.56 Å². The van der Waals surface area contributed by atoms with E-state index in [0.29, 0.717) is 16.5 Å². The van der Waals surface area contributed by atoms with E-state index >= 15 is 0 Å². The zero-order chi connectivity index (χ0) is 23.4. The lowest BCUT2D eigenvalue weighted by Gasteiger charge is -2.13. The second-order valence-corrected chi connectivity index (χ2v) is 7.33. The number of carbonyl (C=O) groups is 2. The van der Waals surface area contributed by atoms with Crippen molar-refractivity contribution < 1.29 is 23.5 Å². The highest BCUT2D eigenvalue weighted by atomic mass is 16.5. The van der Waals surface area contributed by atoms with E-state index in [1.165, 1.54) is 13.2 Å². The number of nitrogens with one attached hydrogen (secondary N) is 1. The Morgan fingerprint density at radius 3 is 2.45 bits per heavy atom. The molecule has 4 aromatic rings. The molecule has 1 heterocycles. The highest BCUT2D eigenvalue weighted by Gasteiger charge is 2.20. The normalized spacial score (nSPS) is 10.6. The van der Waals surface area contributed by atoms with Gasteiger partial charge in [0.15, 0.2) is 12.4 Å². The number of anilines is 1. The zero-order valence-corrected chi connectivity index (χ0v) is 18.1. The number of rotatable bonds is 6. The summed E-state index contributed by atoms with van der Waals surface area (Å²) in [6, 6.07) is 20.8. The van der Waals surface area contributed by atoms with Gasteiger partial charge in [0.1, 0.15) is 5.58 Å². The summed E-state index contributed by atoms with van der Waals surface area (Å²) in [6.07, 6.45) is 0. The minimum absolute atomic E-state index is 0.0612. The Balaban J connectivity index is 1.66. The van der Waals surface area contributed by atoms with Crippen LogP contribution in [-0.4, -0.2) is 25.6 Å². The predicted molar refractivity (Wildman–Crippen MR) is 125 cm³/mol. The third kappa shape index (κ3) is 4.62. The third-order valence-corrected chi connectivity index (χ3v) is 5.00. The molecule has 1 aromatic heterocycles. The van der Waals surface area contributed by atoms with E-state index in [4.69, 9.17) is 13.9 Å². The van der Waals surface area contributed by atoms with Crippen LogP contribution in [0, 0.1) is 6.92 Å². The smallest absolute Gasteiger partial charge is 0.339 e. The number of ether oxygens (including phenoxy) is 2. The SMILES string of the molecule is COC(=O)c1ccccc1NC(=O)COc1c(-c2ccccc2)oc2cc(C)ccc2c1=O. The number of fused-ring (bicyclic) bond motifs is 1. The number of hydrogen-bond acceptors (Lipinski definition) is 6. The molecule has 0 saturated carbocycles. The Hall–Kier alpha value is -4.39. The molecule has 166 valence electrons. The van der Waals surface area contributed by atoms with Crippen molar-refractivity contribution >= 4 is 28.5 Å². The first kappa shape index (κ1) is 21.8. The van der Waals surface area contributed by atoms with Gasteiger partial charge in [0.05, 0.1) is 23.7 Å². The minimum atomic E-state index is -0.580. The summed E-state index contributed by atoms with van der Waals surface area (Å²) in [6.45, 7) is 1.44. The van der Waals surface area contributed by atoms with Crippen LogP contribution in [0.4, 0.5) is 5.69 Å². The summed E-state index contributed by atoms with van der Waals surface area (Å²) >= 11 is 0. The largest absolute Gasteiger partial charge is 0.476 e. The summed E-state index contributed by atoms with van der Waals surface area (Å²) in [5.41, 5.74) is 2.13. The van der Waals surface area contributed by atoms with Crippen LogP contribution in [0.1, 0.15) is 15.9 Å². The standard InChI is InChI=1S/C26H21NO6/c1-16-12-13-19-21(14-16)33-24(17-8-4-3-5-9-17)25(23(19)29)32-15-22(28)27-20-11-7-6-10-18(20)26(30)31-2/h3-14H,15H2,1-2H3,(H,27,28). The van der Waals surface area contributed by atoms with E-state index in [-0.39, 0.29) is 28.2 Å². The summed E-state index contributed by atoms with van der Waals surface area (Å²) in [7, 11) is 1.26. The molecule has 0 aliphatic carbocycles. The lowest BCUT2D eigenvalue weighted by atomic mass is 10.1. The maximum Gasteiger partial charge on any atom is 0.339 e. The fourth-order valence-corrected chi connectivity index (χ4v) is 3.40. The van der Waals surface area contributed by atoms with E-state index in [0.717, 1.165) is 5.56 Å². The second-order valence-electron chi connectivity index (χ2n) is 7.33. The van der Waals surface area contributed by atoms with Crippen LogP contribution in [0.15, 0.2) is 82.0 Å². The molecule has 0 bridgehead atoms. The first-order valence-electron chi connectivity index (χ1n) is 10.2. The summed E-state index contributed by atoms with van der Waals surface area (Å²) in [4.78, 5) is 37.7. The van der Waals surface area contributed by atoms with Gasteiger partial charge >= 0.3 is 5.97 Å². The molecule has 3 aromatic carbocycles. The van der Waals surface area contributed by atoms with E-state index in [2.05, 4.69) is 5.32 Å². The molecular weight excluding hydrogens is 422 g/mol. The molecule has 0 aliphatic heterocycles. The van der Waals surface area contributed by atoms with Crippen LogP contribution in [0.25, 0.3) is 22.3 Å². The van der Waals surface area contributed by atoms with Gasteiger partial charge in [-0.05, 0) is 36.8 Å². The fourth-order valence-electron chi connectivity index (χ4n) is 3.40. The van der Waals surface area contributed by atoms with Crippen molar-refractivity contribution in [2.24, 2.45) is 0 Å². The van der Waals surface area contributed by atoms with Gasteiger partial charge in [-0.25, -0.2) is 4.79 Å². The Kier molecular flexibility index (Phi) is 6.22. The van der Waals surface area contributed by atoms with Crippen LogP contribution >= 0.6 is 0 Å². The number of benzene rings is 3. The average molecular weight is 443 g/mol. The van der Waals surface area contributed by atoms with Crippen molar-refractivity contribution in [1.82, 2.24) is 0 Å². The molecule has 0 atom stereocenters. The van der Waals surface area contributed by atoms with Crippen LogP contribution in [-0.2, 0) is 9.53 Å². The van der Waals surface area contributed by atoms with Crippen molar-refractivity contribution in [2.45, 2.75) is 6.92 Å². The highest BCUT2D eigenvalue weighted by Crippen LogP contribution is 2.31. The lowest BCUT2D eigenvalue weighted by molar-refractivity contribution is -0.118. The third-order valence-electron chi connectivity index (χ3n) is 5.00. The molecule has 0 fully saturated rings. The minimum Gasteiger partial charge on any atom is -0.476 e. The number of amides is 1. The molecule has 4 rings (SSSR count). The summed E-state index contributed by atoms with van der Waals surface area (Å²) in [5, 5.41) is 2.98. The first-order chi connectivity index (χ1) is 16.0. The van der Waals surface area contributed by atoms with Gasteiger partial charge < -0.3 is 19.2 Å². The Morgan fingerprint density at radius 2 is 1.70 bits per heavy atom. The van der Waals surface area contributed by atoms with E-state index in [1.54, 1.807) is 42.5 Å². The second kappa shape index (κ2) is 9.40. The molecule has 7 heteroatoms. The number of esters is 1. The molecule has 0 aliphatic rings. The molecule has 33 heavy (non-hydrogen) atoms. The molecule has 0 unspecified atom stereocenters. The van der Waals surface area contributed by atoms with Gasteiger partial charge in [0.2, 0.25) is 11.2 Å². The van der Waals surface area contributed by atoms with Crippen molar-refractivity contribution in [1.29, 1.82) is 0 Å². The number of methoxy groups -OCH3 is 1. The van der Waals surface area contributed by atoms with Crippen molar-refractivity contribution in [3.8, 4) is 17.1 Å². The maximum atomic E-state index is 13.2. The van der Waals surface area contributed by atoms with Gasteiger partial charge in [0.25, 0.3) is 5.91 Å². The van der Waals surface area contributed by atoms with Crippen molar-refractivity contribution in [2.75, 3.05) is 19.0 Å². The zero-order valence-electron chi connectivity index (χ0n) is 18.1. The first-order valence-corrected chi connectivity index (χ1v) is 10.2. The number of carbonyl (C=O) groups excluding carboxylic acids is 2. The topological polar surface area (TPSA) is 94.8 Å². The molecule has 0 saturated heterocycles. The molecule has 0 spiro atoms. The van der Waals surface area contributed by atoms with E-state index in [1.807, 2.05) is 31.2 Å². The predicted octanol–water partition coefficient (Wildman–Crippen LogP) is 4.57. The molecule has 7 nitrogen and oxygen atoms in total. The van der Waals surface area contributed by atoms with Crippen LogP contribution in [0.3, 0.4) is 0 Å². The molecule has 1 N–H and O–H groups in total. The highest BCUT2D eigenvalue weighted by molar-refractivity contribution is 6.01. The van der Waals surface area contributed by atoms with E-state index in [9.17, 15) is 14.4 Å². The van der Waals surface area contributed by atoms with Crippen LogP contribution < -0.4 is 15.5 Å². The number of para-hydroxylation sites is 1. The maximum absolute atomic E-state index is 13.2. The lowest BCUT2D eigenvalue weighted by Crippen LogP contribution is -2.23. The van der Waals surface area contributed by atoms with Gasteiger partial charge in [-0.3, -0.25) is 9.59 Å². The quantitative estimate of drug-likeness (QED) is 0.439. The summed E-state index contributed by atoms with van der Waals surface area (Å²) < 4.78 is 16.5. The Morgan fingerprint density at radius 1 is 0.970 bits per heavy atom. The fraction of sp³-hybridized carbons (Fsp3) is 0.115. The van der Waals surface area contributed by atoms with Crippen LogP contribution in [0.5, 0.6) is 5.75 Å². The average Bonchev–Trinajstić information content (AvgIpc) is 2.83. The van der Waals surface area contributed by atoms with Gasteiger partial charge in [-0.15, -0.1) is 0 Å². The number of hydrogen-bond donors (Lipinski definition) is 1. The van der Waals surface area contributed by atoms with Crippen molar-refractivity contribution in [3.05, 3.63) is 94.1 Å². The monoisotopic (exact) mass is 443 g/mol. The number of aryl methyl sites for hydroxylation is 1. The Labute approximate surface area is 189 Å². The molecule has 1 amide bonds. The summed E-state index contributed by atoms with van der Waals surface area (Å²) in [5.74, 6) is -0.951. The van der Waals surface area contributed by atoms with Gasteiger partial charge in [-0.1, -0.05) is 48.5 Å². The Bertz CT molecular complexity index is 1390. The molecular formula is C26H21NO6. The van der Waals surface area contributed by atoms with E-state index < -0.39 is 18.5 Å². The molecule has 0 radical (unpaired) electrons. The van der Waals surface area contributed by atoms with Gasteiger partial charge in [-0.2, -0.15) is 0 Å². The van der Waals surface area contributed by atoms with Crippen LogP contribution in [0.2, 0.25) is 0 Å².